The summed E-state index contributed by atoms with van der Waals surface area (Å²) in [6.07, 6.45) is -1.79. The van der Waals surface area contributed by atoms with E-state index in [1.165, 1.54) is 6.07 Å². The smallest absolute Gasteiger partial charge is 0.282 e. The van der Waals surface area contributed by atoms with Crippen molar-refractivity contribution in [1.29, 1.82) is 10.8 Å². The van der Waals surface area contributed by atoms with Crippen LogP contribution in [0.1, 0.15) is 0 Å². The van der Waals surface area contributed by atoms with Crippen LogP contribution in [0.15, 0.2) is 58.7 Å². The number of hydrogen-bond donors (Lipinski definition) is 2. The molecule has 122 valence electrons. The van der Waals surface area contributed by atoms with Gasteiger partial charge in [0.25, 0.3) is 0 Å². The normalized spacial score (nSPS) is 11.6. The average molecular weight is 349 g/mol. The number of fused-ring (bicyclic) bond motifs is 1. The van der Waals surface area contributed by atoms with E-state index in [2.05, 4.69) is 9.97 Å². The SMILES string of the molecule is N=C(n1c(=N)c(Sc2ccncc2)nc2ccccc21)C(F)(F)F. The highest BCUT2D eigenvalue weighted by atomic mass is 32.2. The van der Waals surface area contributed by atoms with Gasteiger partial charge in [-0.2, -0.15) is 13.2 Å². The van der Waals surface area contributed by atoms with Crippen LogP contribution in [0.25, 0.3) is 11.0 Å². The monoisotopic (exact) mass is 349 g/mol. The van der Waals surface area contributed by atoms with Crippen LogP contribution in [-0.4, -0.2) is 26.5 Å². The minimum Gasteiger partial charge on any atom is -0.282 e. The van der Waals surface area contributed by atoms with E-state index >= 15 is 0 Å². The molecule has 0 bridgehead atoms. The summed E-state index contributed by atoms with van der Waals surface area (Å²) in [6, 6.07) is 9.47. The van der Waals surface area contributed by atoms with Crippen molar-refractivity contribution in [3.63, 3.8) is 0 Å². The van der Waals surface area contributed by atoms with Crippen molar-refractivity contribution in [3.05, 3.63) is 54.3 Å². The van der Waals surface area contributed by atoms with E-state index in [1.54, 1.807) is 42.7 Å². The molecule has 0 fully saturated rings. The van der Waals surface area contributed by atoms with Gasteiger partial charge < -0.3 is 0 Å². The van der Waals surface area contributed by atoms with Gasteiger partial charge >= 0.3 is 6.18 Å². The Labute approximate surface area is 138 Å². The second-order valence-electron chi connectivity index (χ2n) is 4.72. The van der Waals surface area contributed by atoms with Gasteiger partial charge in [-0.15, -0.1) is 0 Å². The van der Waals surface area contributed by atoms with Crippen molar-refractivity contribution in [2.75, 3.05) is 0 Å². The second kappa shape index (κ2) is 6.08. The third-order valence-corrected chi connectivity index (χ3v) is 4.11. The van der Waals surface area contributed by atoms with Crippen molar-refractivity contribution in [2.24, 2.45) is 0 Å². The maximum absolute atomic E-state index is 13.0. The molecule has 0 saturated carbocycles. The van der Waals surface area contributed by atoms with E-state index in [0.717, 1.165) is 11.8 Å². The Morgan fingerprint density at radius 1 is 1.08 bits per heavy atom. The molecule has 0 aliphatic rings. The van der Waals surface area contributed by atoms with E-state index < -0.39 is 17.5 Å². The van der Waals surface area contributed by atoms with Crippen molar-refractivity contribution in [2.45, 2.75) is 16.1 Å². The zero-order valence-corrected chi connectivity index (χ0v) is 12.8. The highest BCUT2D eigenvalue weighted by Crippen LogP contribution is 2.26. The van der Waals surface area contributed by atoms with Crippen LogP contribution in [0.3, 0.4) is 0 Å². The lowest BCUT2D eigenvalue weighted by Crippen LogP contribution is -2.38. The van der Waals surface area contributed by atoms with Gasteiger partial charge in [-0.25, -0.2) is 4.98 Å². The molecule has 3 rings (SSSR count). The Bertz CT molecular complexity index is 966. The summed E-state index contributed by atoms with van der Waals surface area (Å²) in [4.78, 5) is 8.82. The fourth-order valence-electron chi connectivity index (χ4n) is 2.07. The van der Waals surface area contributed by atoms with Crippen LogP contribution in [0.5, 0.6) is 0 Å². The maximum atomic E-state index is 13.0. The molecule has 0 saturated heterocycles. The first-order valence-corrected chi connectivity index (χ1v) is 7.50. The molecule has 24 heavy (non-hydrogen) atoms. The zero-order valence-electron chi connectivity index (χ0n) is 12.0. The van der Waals surface area contributed by atoms with Crippen molar-refractivity contribution in [1.82, 2.24) is 14.5 Å². The second-order valence-corrected chi connectivity index (χ2v) is 5.78. The Balaban J connectivity index is 2.24. The lowest BCUT2D eigenvalue weighted by molar-refractivity contribution is -0.0624. The van der Waals surface area contributed by atoms with Crippen molar-refractivity contribution < 1.29 is 13.2 Å². The van der Waals surface area contributed by atoms with E-state index in [4.69, 9.17) is 10.8 Å². The van der Waals surface area contributed by atoms with Crippen molar-refractivity contribution >= 4 is 28.6 Å². The summed E-state index contributed by atoms with van der Waals surface area (Å²) in [5.41, 5.74) is -0.152. The van der Waals surface area contributed by atoms with Crippen LogP contribution < -0.4 is 5.49 Å². The topological polar surface area (TPSA) is 78.4 Å². The zero-order chi connectivity index (χ0) is 17.3. The van der Waals surface area contributed by atoms with Crippen LogP contribution in [0.4, 0.5) is 13.2 Å². The Morgan fingerprint density at radius 2 is 1.75 bits per heavy atom. The Morgan fingerprint density at radius 3 is 2.42 bits per heavy atom. The predicted molar refractivity (Wildman–Crippen MR) is 83.1 cm³/mol. The third kappa shape index (κ3) is 3.02. The Hall–Kier alpha value is -2.68. The van der Waals surface area contributed by atoms with E-state index in [9.17, 15) is 13.2 Å². The summed E-state index contributed by atoms with van der Waals surface area (Å²) >= 11 is 1.05. The molecule has 0 amide bonds. The summed E-state index contributed by atoms with van der Waals surface area (Å²) < 4.78 is 39.7. The molecule has 2 N–H and O–H groups in total. The van der Waals surface area contributed by atoms with Crippen LogP contribution in [0, 0.1) is 10.8 Å². The predicted octanol–water partition coefficient (Wildman–Crippen LogP) is 3.45. The van der Waals surface area contributed by atoms with Gasteiger partial charge in [0.05, 0.1) is 11.0 Å². The number of nitrogens with one attached hydrogen (secondary N) is 2. The van der Waals surface area contributed by atoms with E-state index in [-0.39, 0.29) is 16.1 Å². The molecule has 0 aliphatic heterocycles. The molecule has 1 aromatic carbocycles. The first kappa shape index (κ1) is 16.2. The molecule has 2 heterocycles. The average Bonchev–Trinajstić information content (AvgIpc) is 2.55. The van der Waals surface area contributed by atoms with Gasteiger partial charge in [-0.05, 0) is 24.3 Å². The molecule has 0 unspecified atom stereocenters. The van der Waals surface area contributed by atoms with Crippen LogP contribution >= 0.6 is 11.8 Å². The lowest BCUT2D eigenvalue weighted by atomic mass is 10.3. The molecule has 2 aromatic heterocycles. The first-order valence-electron chi connectivity index (χ1n) is 6.68. The van der Waals surface area contributed by atoms with Gasteiger partial charge in [-0.3, -0.25) is 20.4 Å². The Kier molecular flexibility index (Phi) is 4.10. The van der Waals surface area contributed by atoms with Gasteiger partial charge in [-0.1, -0.05) is 23.9 Å². The fraction of sp³-hybridized carbons (Fsp3) is 0.0667. The third-order valence-electron chi connectivity index (χ3n) is 3.13. The molecule has 0 atom stereocenters. The molecule has 5 nitrogen and oxygen atoms in total. The molecule has 0 aliphatic carbocycles. The molecule has 3 aromatic rings. The summed E-state index contributed by atoms with van der Waals surface area (Å²) in [6.45, 7) is 0. The van der Waals surface area contributed by atoms with Gasteiger partial charge in [0.1, 0.15) is 5.03 Å². The van der Waals surface area contributed by atoms with Gasteiger partial charge in [0, 0.05) is 17.3 Å². The number of alkyl halides is 3. The quantitative estimate of drug-likeness (QED) is 0.549. The number of benzene rings is 1. The molecule has 9 heteroatoms. The van der Waals surface area contributed by atoms with Crippen molar-refractivity contribution in [3.8, 4) is 0 Å². The highest BCUT2D eigenvalue weighted by Gasteiger charge is 2.37. The van der Waals surface area contributed by atoms with E-state index in [1.807, 2.05) is 0 Å². The van der Waals surface area contributed by atoms with E-state index in [0.29, 0.717) is 9.46 Å². The molecule has 0 radical (unpaired) electrons. The molecular formula is C15H10F3N5S. The standard InChI is InChI=1S/C15H10F3N5S/c16-15(17,18)14(20)23-11-4-2-1-3-10(11)22-13(12(23)19)24-9-5-7-21-8-6-9/h1-8,19-20H. The van der Waals surface area contributed by atoms with Gasteiger partial charge in [0.2, 0.25) is 5.84 Å². The highest BCUT2D eigenvalue weighted by molar-refractivity contribution is 7.99. The minimum atomic E-state index is -4.87. The van der Waals surface area contributed by atoms with Crippen LogP contribution in [-0.2, 0) is 0 Å². The number of pyridine rings is 1. The van der Waals surface area contributed by atoms with Crippen LogP contribution in [0.2, 0.25) is 0 Å². The summed E-state index contributed by atoms with van der Waals surface area (Å²) in [7, 11) is 0. The first-order chi connectivity index (χ1) is 11.4. The largest absolute Gasteiger partial charge is 0.449 e. The van der Waals surface area contributed by atoms with Gasteiger partial charge in [0.15, 0.2) is 5.49 Å². The summed E-state index contributed by atoms with van der Waals surface area (Å²) in [5.74, 6) is -1.62. The lowest BCUT2D eigenvalue weighted by Gasteiger charge is -2.16. The maximum Gasteiger partial charge on any atom is 0.449 e. The number of nitrogens with zero attached hydrogens (tertiary/aromatic N) is 3. The number of halogens is 3. The molecular weight excluding hydrogens is 339 g/mol. The summed E-state index contributed by atoms with van der Waals surface area (Å²) in [5, 5.41) is 15.6. The number of hydrogen-bond acceptors (Lipinski definition) is 5. The number of aromatic nitrogens is 3. The molecule has 0 spiro atoms. The number of para-hydroxylation sites is 2. The fourth-order valence-corrected chi connectivity index (χ4v) is 2.89. The minimum absolute atomic E-state index is 0.0592. The number of rotatable bonds is 2.